The number of hydrogen-bond acceptors (Lipinski definition) is 2. The molecule has 0 unspecified atom stereocenters. The number of Topliss-reactive ketones (excluding diaryl/α,β-unsaturated/α-hetero) is 1. The highest BCUT2D eigenvalue weighted by Crippen LogP contribution is 2.42. The van der Waals surface area contributed by atoms with Crippen LogP contribution in [0.4, 0.5) is 8.78 Å². The van der Waals surface area contributed by atoms with Gasteiger partial charge in [-0.3, -0.25) is 4.79 Å². The number of benzene rings is 1. The van der Waals surface area contributed by atoms with E-state index >= 15 is 0 Å². The first kappa shape index (κ1) is 11.2. The Balaban J connectivity index is 2.33. The van der Waals surface area contributed by atoms with Gasteiger partial charge in [-0.1, -0.05) is 6.42 Å². The van der Waals surface area contributed by atoms with Crippen LogP contribution in [-0.4, -0.2) is 12.3 Å². The molecule has 4 heteroatoms. The summed E-state index contributed by atoms with van der Waals surface area (Å²) in [7, 11) is 0. The summed E-state index contributed by atoms with van der Waals surface area (Å²) >= 11 is 0. The SMILES string of the molecule is NCC1(C(=O)c2cc(F)cc(F)c2)CCC1. The Labute approximate surface area is 92.4 Å². The van der Waals surface area contributed by atoms with E-state index < -0.39 is 17.0 Å². The quantitative estimate of drug-likeness (QED) is 0.802. The predicted octanol–water partition coefficient (Wildman–Crippen LogP) is 2.28. The summed E-state index contributed by atoms with van der Waals surface area (Å²) in [4.78, 5) is 12.1. The Morgan fingerprint density at radius 2 is 1.81 bits per heavy atom. The van der Waals surface area contributed by atoms with Crippen LogP contribution >= 0.6 is 0 Å². The number of carbonyl (C=O) groups excluding carboxylic acids is 1. The average Bonchev–Trinajstić information content (AvgIpc) is 2.15. The highest BCUT2D eigenvalue weighted by atomic mass is 19.1. The summed E-state index contributed by atoms with van der Waals surface area (Å²) in [6.45, 7) is 0.240. The maximum atomic E-state index is 13.0. The topological polar surface area (TPSA) is 43.1 Å². The molecule has 0 radical (unpaired) electrons. The smallest absolute Gasteiger partial charge is 0.170 e. The van der Waals surface area contributed by atoms with E-state index in [-0.39, 0.29) is 17.9 Å². The van der Waals surface area contributed by atoms with Gasteiger partial charge in [0.2, 0.25) is 0 Å². The lowest BCUT2D eigenvalue weighted by atomic mass is 9.64. The number of nitrogens with two attached hydrogens (primary N) is 1. The molecule has 0 aliphatic heterocycles. The average molecular weight is 225 g/mol. The normalized spacial score (nSPS) is 17.9. The minimum absolute atomic E-state index is 0.0858. The Kier molecular flexibility index (Phi) is 2.76. The van der Waals surface area contributed by atoms with Gasteiger partial charge in [-0.15, -0.1) is 0 Å². The Morgan fingerprint density at radius 3 is 2.19 bits per heavy atom. The lowest BCUT2D eigenvalue weighted by molar-refractivity contribution is 0.0635. The molecule has 0 atom stereocenters. The number of ketones is 1. The summed E-state index contributed by atoms with van der Waals surface area (Å²) in [6.07, 6.45) is 2.36. The van der Waals surface area contributed by atoms with Gasteiger partial charge in [0.1, 0.15) is 11.6 Å². The van der Waals surface area contributed by atoms with Crippen LogP contribution in [0.15, 0.2) is 18.2 Å². The van der Waals surface area contributed by atoms with Crippen molar-refractivity contribution in [3.05, 3.63) is 35.4 Å². The summed E-state index contributed by atoms with van der Waals surface area (Å²) in [5, 5.41) is 0. The molecule has 0 amide bonds. The fraction of sp³-hybridized carbons (Fsp3) is 0.417. The summed E-state index contributed by atoms with van der Waals surface area (Å²) < 4.78 is 26.0. The van der Waals surface area contributed by atoms with E-state index in [1.165, 1.54) is 0 Å². The fourth-order valence-corrected chi connectivity index (χ4v) is 2.12. The van der Waals surface area contributed by atoms with E-state index in [1.807, 2.05) is 0 Å². The molecule has 0 aromatic heterocycles. The third kappa shape index (κ3) is 1.73. The molecule has 2 N–H and O–H groups in total. The van der Waals surface area contributed by atoms with Crippen molar-refractivity contribution in [2.24, 2.45) is 11.1 Å². The van der Waals surface area contributed by atoms with Gasteiger partial charge >= 0.3 is 0 Å². The van der Waals surface area contributed by atoms with Crippen molar-refractivity contribution in [3.8, 4) is 0 Å². The zero-order chi connectivity index (χ0) is 11.8. The van der Waals surface area contributed by atoms with Crippen molar-refractivity contribution in [3.63, 3.8) is 0 Å². The third-order valence-electron chi connectivity index (χ3n) is 3.31. The molecule has 1 saturated carbocycles. The zero-order valence-corrected chi connectivity index (χ0v) is 8.80. The van der Waals surface area contributed by atoms with Crippen molar-refractivity contribution in [1.82, 2.24) is 0 Å². The molecule has 0 bridgehead atoms. The van der Waals surface area contributed by atoms with E-state index in [0.717, 1.165) is 24.6 Å². The first-order chi connectivity index (χ1) is 7.57. The number of halogens is 2. The zero-order valence-electron chi connectivity index (χ0n) is 8.80. The van der Waals surface area contributed by atoms with Crippen molar-refractivity contribution < 1.29 is 13.6 Å². The van der Waals surface area contributed by atoms with E-state index in [0.29, 0.717) is 12.8 Å². The van der Waals surface area contributed by atoms with Gasteiger partial charge in [0.25, 0.3) is 0 Å². The fourth-order valence-electron chi connectivity index (χ4n) is 2.12. The lowest BCUT2D eigenvalue weighted by Gasteiger charge is -2.39. The van der Waals surface area contributed by atoms with Crippen LogP contribution in [0.25, 0.3) is 0 Å². The Morgan fingerprint density at radius 1 is 1.25 bits per heavy atom. The van der Waals surface area contributed by atoms with Crippen LogP contribution in [0.2, 0.25) is 0 Å². The molecule has 0 saturated heterocycles. The van der Waals surface area contributed by atoms with Crippen LogP contribution in [0, 0.1) is 17.0 Å². The number of rotatable bonds is 3. The lowest BCUT2D eigenvalue weighted by Crippen LogP contribution is -2.44. The van der Waals surface area contributed by atoms with E-state index in [4.69, 9.17) is 5.73 Å². The molecular weight excluding hydrogens is 212 g/mol. The Bertz CT molecular complexity index is 401. The molecule has 1 aliphatic carbocycles. The molecule has 1 aromatic carbocycles. The van der Waals surface area contributed by atoms with Crippen LogP contribution in [0.3, 0.4) is 0 Å². The van der Waals surface area contributed by atoms with Crippen molar-refractivity contribution >= 4 is 5.78 Å². The van der Waals surface area contributed by atoms with Crippen molar-refractivity contribution in [1.29, 1.82) is 0 Å². The maximum absolute atomic E-state index is 13.0. The second kappa shape index (κ2) is 3.94. The molecule has 0 heterocycles. The predicted molar refractivity (Wildman–Crippen MR) is 56.0 cm³/mol. The monoisotopic (exact) mass is 225 g/mol. The summed E-state index contributed by atoms with van der Waals surface area (Å²) in [6, 6.07) is 2.90. The number of hydrogen-bond donors (Lipinski definition) is 1. The van der Waals surface area contributed by atoms with Gasteiger partial charge < -0.3 is 5.73 Å². The van der Waals surface area contributed by atoms with E-state index in [1.54, 1.807) is 0 Å². The van der Waals surface area contributed by atoms with Crippen molar-refractivity contribution in [2.45, 2.75) is 19.3 Å². The van der Waals surface area contributed by atoms with Gasteiger partial charge in [-0.2, -0.15) is 0 Å². The van der Waals surface area contributed by atoms with E-state index in [9.17, 15) is 13.6 Å². The number of carbonyl (C=O) groups is 1. The van der Waals surface area contributed by atoms with Crippen LogP contribution in [0.5, 0.6) is 0 Å². The van der Waals surface area contributed by atoms with E-state index in [2.05, 4.69) is 0 Å². The standard InChI is InChI=1S/C12H13F2NO/c13-9-4-8(5-10(14)6-9)11(16)12(7-15)2-1-3-12/h4-6H,1-3,7,15H2. The minimum atomic E-state index is -0.727. The molecule has 1 fully saturated rings. The molecule has 2 rings (SSSR count). The highest BCUT2D eigenvalue weighted by molar-refractivity contribution is 6.01. The summed E-state index contributed by atoms with van der Waals surface area (Å²) in [5.74, 6) is -1.69. The van der Waals surface area contributed by atoms with Crippen LogP contribution in [0.1, 0.15) is 29.6 Å². The summed E-state index contributed by atoms with van der Waals surface area (Å²) in [5.41, 5.74) is 5.08. The van der Waals surface area contributed by atoms with Gasteiger partial charge in [0.05, 0.1) is 0 Å². The molecule has 16 heavy (non-hydrogen) atoms. The first-order valence-corrected chi connectivity index (χ1v) is 5.28. The van der Waals surface area contributed by atoms with Crippen LogP contribution < -0.4 is 5.73 Å². The molecule has 2 nitrogen and oxygen atoms in total. The first-order valence-electron chi connectivity index (χ1n) is 5.28. The maximum Gasteiger partial charge on any atom is 0.170 e. The Hall–Kier alpha value is -1.29. The van der Waals surface area contributed by atoms with Crippen molar-refractivity contribution in [2.75, 3.05) is 6.54 Å². The molecule has 1 aromatic rings. The highest BCUT2D eigenvalue weighted by Gasteiger charge is 2.43. The second-order valence-electron chi connectivity index (χ2n) is 4.33. The van der Waals surface area contributed by atoms with Gasteiger partial charge in [-0.25, -0.2) is 8.78 Å². The molecule has 1 aliphatic rings. The largest absolute Gasteiger partial charge is 0.329 e. The molecule has 0 spiro atoms. The second-order valence-corrected chi connectivity index (χ2v) is 4.33. The van der Waals surface area contributed by atoms with Gasteiger partial charge in [-0.05, 0) is 25.0 Å². The van der Waals surface area contributed by atoms with Gasteiger partial charge in [0.15, 0.2) is 5.78 Å². The molecule has 86 valence electrons. The van der Waals surface area contributed by atoms with Gasteiger partial charge in [0, 0.05) is 23.6 Å². The molecular formula is C12H13F2NO. The third-order valence-corrected chi connectivity index (χ3v) is 3.31. The van der Waals surface area contributed by atoms with Crippen LogP contribution in [-0.2, 0) is 0 Å². The minimum Gasteiger partial charge on any atom is -0.329 e.